The monoisotopic (exact) mass is 526 g/mol. The topological polar surface area (TPSA) is 87.0 Å². The Morgan fingerprint density at radius 1 is 0.846 bits per heavy atom. The van der Waals surface area contributed by atoms with E-state index in [1.165, 1.54) is 0 Å². The number of para-hydroxylation sites is 1. The minimum absolute atomic E-state index is 0.164. The first kappa shape index (κ1) is 27.4. The van der Waals surface area contributed by atoms with E-state index in [2.05, 4.69) is 24.4 Å². The molecule has 4 aromatic rings. The standard InChI is InChI=1S/C31H34N4O4/c1-3-5-20-38-28-15-17-29(18-16-28)39-23-30(36)33-32-21-25-22-35(26-9-7-6-8-10-26)34-31(25)24-11-13-27(14-12-24)37-19-4-2/h6-18,21-22H,3-5,19-20,23H2,1-2H3,(H,33,36). The number of unbranched alkanes of at least 4 members (excludes halogenated alkanes) is 1. The van der Waals surface area contributed by atoms with E-state index in [4.69, 9.17) is 19.3 Å². The molecule has 0 aliphatic carbocycles. The van der Waals surface area contributed by atoms with Crippen molar-refractivity contribution >= 4 is 12.1 Å². The van der Waals surface area contributed by atoms with E-state index in [0.717, 1.165) is 53.3 Å². The van der Waals surface area contributed by atoms with Crippen LogP contribution in [-0.4, -0.2) is 41.7 Å². The fourth-order valence-electron chi connectivity index (χ4n) is 3.67. The molecule has 8 nitrogen and oxygen atoms in total. The number of nitrogens with zero attached hydrogens (tertiary/aromatic N) is 3. The van der Waals surface area contributed by atoms with Crippen molar-refractivity contribution < 1.29 is 19.0 Å². The molecule has 0 spiro atoms. The molecule has 1 N–H and O–H groups in total. The number of hydrazone groups is 1. The lowest BCUT2D eigenvalue weighted by Gasteiger charge is -2.08. The first-order valence-corrected chi connectivity index (χ1v) is 13.2. The van der Waals surface area contributed by atoms with Gasteiger partial charge in [0.25, 0.3) is 5.91 Å². The van der Waals surface area contributed by atoms with Crippen LogP contribution in [0.5, 0.6) is 17.2 Å². The largest absolute Gasteiger partial charge is 0.494 e. The van der Waals surface area contributed by atoms with Crippen LogP contribution in [0.25, 0.3) is 16.9 Å². The average Bonchev–Trinajstić information content (AvgIpc) is 3.40. The predicted octanol–water partition coefficient (Wildman–Crippen LogP) is 6.04. The van der Waals surface area contributed by atoms with Gasteiger partial charge < -0.3 is 14.2 Å². The number of benzene rings is 3. The third-order valence-electron chi connectivity index (χ3n) is 5.72. The highest BCUT2D eigenvalue weighted by atomic mass is 16.5. The summed E-state index contributed by atoms with van der Waals surface area (Å²) in [5.74, 6) is 1.79. The molecular weight excluding hydrogens is 492 g/mol. The van der Waals surface area contributed by atoms with Gasteiger partial charge in [-0.3, -0.25) is 4.79 Å². The zero-order valence-electron chi connectivity index (χ0n) is 22.4. The van der Waals surface area contributed by atoms with Gasteiger partial charge in [0.05, 0.1) is 25.1 Å². The van der Waals surface area contributed by atoms with Gasteiger partial charge in [0.2, 0.25) is 0 Å². The molecule has 202 valence electrons. The first-order valence-electron chi connectivity index (χ1n) is 13.2. The predicted molar refractivity (Wildman–Crippen MR) is 153 cm³/mol. The molecule has 1 aromatic heterocycles. The quantitative estimate of drug-likeness (QED) is 0.123. The molecule has 3 aromatic carbocycles. The summed E-state index contributed by atoms with van der Waals surface area (Å²) in [4.78, 5) is 12.3. The zero-order chi connectivity index (χ0) is 27.3. The van der Waals surface area contributed by atoms with E-state index in [1.807, 2.05) is 72.9 Å². The van der Waals surface area contributed by atoms with Crippen molar-refractivity contribution in [1.29, 1.82) is 0 Å². The number of aromatic nitrogens is 2. The van der Waals surface area contributed by atoms with Crippen LogP contribution in [0.3, 0.4) is 0 Å². The van der Waals surface area contributed by atoms with Crippen molar-refractivity contribution in [1.82, 2.24) is 15.2 Å². The van der Waals surface area contributed by atoms with Crippen LogP contribution < -0.4 is 19.6 Å². The summed E-state index contributed by atoms with van der Waals surface area (Å²) in [7, 11) is 0. The second kappa shape index (κ2) is 14.4. The summed E-state index contributed by atoms with van der Waals surface area (Å²) in [6.07, 6.45) is 6.50. The molecule has 0 radical (unpaired) electrons. The summed E-state index contributed by atoms with van der Waals surface area (Å²) >= 11 is 0. The molecule has 0 saturated carbocycles. The van der Waals surface area contributed by atoms with Gasteiger partial charge in [0.15, 0.2) is 6.61 Å². The van der Waals surface area contributed by atoms with E-state index in [1.54, 1.807) is 23.0 Å². The van der Waals surface area contributed by atoms with Crippen LogP contribution in [0.4, 0.5) is 0 Å². The molecule has 0 saturated heterocycles. The maximum Gasteiger partial charge on any atom is 0.277 e. The van der Waals surface area contributed by atoms with Gasteiger partial charge in [0.1, 0.15) is 22.9 Å². The van der Waals surface area contributed by atoms with E-state index >= 15 is 0 Å². The fraction of sp³-hybridized carbons (Fsp3) is 0.258. The fourth-order valence-corrected chi connectivity index (χ4v) is 3.67. The van der Waals surface area contributed by atoms with Crippen molar-refractivity contribution in [3.63, 3.8) is 0 Å². The van der Waals surface area contributed by atoms with Gasteiger partial charge in [-0.15, -0.1) is 0 Å². The third kappa shape index (κ3) is 8.20. The second-order valence-corrected chi connectivity index (χ2v) is 8.84. The summed E-state index contributed by atoms with van der Waals surface area (Å²) in [6, 6.07) is 24.8. The van der Waals surface area contributed by atoms with Crippen molar-refractivity contribution in [3.05, 3.63) is 90.6 Å². The Bertz CT molecular complexity index is 1330. The molecule has 1 amide bonds. The number of amides is 1. The van der Waals surface area contributed by atoms with Crippen molar-refractivity contribution in [3.8, 4) is 34.2 Å². The first-order chi connectivity index (χ1) is 19.2. The van der Waals surface area contributed by atoms with Crippen LogP contribution in [0.2, 0.25) is 0 Å². The highest BCUT2D eigenvalue weighted by molar-refractivity contribution is 5.89. The molecule has 0 unspecified atom stereocenters. The lowest BCUT2D eigenvalue weighted by molar-refractivity contribution is -0.123. The molecule has 0 aliphatic heterocycles. The van der Waals surface area contributed by atoms with Crippen molar-refractivity contribution in [2.45, 2.75) is 33.1 Å². The Balaban J connectivity index is 1.40. The van der Waals surface area contributed by atoms with Crippen molar-refractivity contribution in [2.75, 3.05) is 19.8 Å². The maximum absolute atomic E-state index is 12.3. The number of carbonyl (C=O) groups excluding carboxylic acids is 1. The van der Waals surface area contributed by atoms with Gasteiger partial charge in [-0.1, -0.05) is 38.5 Å². The Morgan fingerprint density at radius 3 is 2.15 bits per heavy atom. The van der Waals surface area contributed by atoms with Crippen LogP contribution >= 0.6 is 0 Å². The number of rotatable bonds is 14. The maximum atomic E-state index is 12.3. The molecule has 8 heteroatoms. The third-order valence-corrected chi connectivity index (χ3v) is 5.72. The summed E-state index contributed by atoms with van der Waals surface area (Å²) in [5.41, 5.74) is 5.84. The molecule has 0 fully saturated rings. The zero-order valence-corrected chi connectivity index (χ0v) is 22.4. The van der Waals surface area contributed by atoms with E-state index in [-0.39, 0.29) is 12.5 Å². The SMILES string of the molecule is CCCCOc1ccc(OCC(=O)NN=Cc2cn(-c3ccccc3)nc2-c2ccc(OCCC)cc2)cc1. The van der Waals surface area contributed by atoms with Crippen LogP contribution in [0, 0.1) is 0 Å². The smallest absolute Gasteiger partial charge is 0.277 e. The van der Waals surface area contributed by atoms with Crippen molar-refractivity contribution in [2.24, 2.45) is 5.10 Å². The second-order valence-electron chi connectivity index (χ2n) is 8.84. The van der Waals surface area contributed by atoms with E-state index < -0.39 is 0 Å². The van der Waals surface area contributed by atoms with Crippen LogP contribution in [0.1, 0.15) is 38.7 Å². The lowest BCUT2D eigenvalue weighted by atomic mass is 10.1. The van der Waals surface area contributed by atoms with Gasteiger partial charge in [-0.2, -0.15) is 10.2 Å². The minimum Gasteiger partial charge on any atom is -0.494 e. The van der Waals surface area contributed by atoms with Gasteiger partial charge in [-0.25, -0.2) is 10.1 Å². The Labute approximate surface area is 229 Å². The van der Waals surface area contributed by atoms with Gasteiger partial charge in [0, 0.05) is 17.3 Å². The highest BCUT2D eigenvalue weighted by Gasteiger charge is 2.12. The Kier molecular flexibility index (Phi) is 10.1. The number of hydrogen-bond donors (Lipinski definition) is 1. The van der Waals surface area contributed by atoms with Crippen LogP contribution in [-0.2, 0) is 4.79 Å². The number of ether oxygens (including phenoxy) is 3. The van der Waals surface area contributed by atoms with E-state index in [9.17, 15) is 4.79 Å². The van der Waals surface area contributed by atoms with Crippen LogP contribution in [0.15, 0.2) is 90.2 Å². The average molecular weight is 527 g/mol. The lowest BCUT2D eigenvalue weighted by Crippen LogP contribution is -2.24. The Hall–Kier alpha value is -4.59. The number of carbonyl (C=O) groups is 1. The molecule has 1 heterocycles. The Morgan fingerprint density at radius 2 is 1.49 bits per heavy atom. The number of hydrogen-bond acceptors (Lipinski definition) is 6. The highest BCUT2D eigenvalue weighted by Crippen LogP contribution is 2.25. The molecule has 0 aliphatic rings. The molecule has 39 heavy (non-hydrogen) atoms. The summed E-state index contributed by atoms with van der Waals surface area (Å²) in [5, 5.41) is 8.94. The van der Waals surface area contributed by atoms with Gasteiger partial charge in [-0.05, 0) is 73.5 Å². The summed E-state index contributed by atoms with van der Waals surface area (Å²) in [6.45, 7) is 5.38. The molecule has 0 bridgehead atoms. The molecule has 4 rings (SSSR count). The number of nitrogens with one attached hydrogen (secondary N) is 1. The normalized spacial score (nSPS) is 10.9. The van der Waals surface area contributed by atoms with E-state index in [0.29, 0.717) is 19.0 Å². The molecule has 0 atom stereocenters. The molecular formula is C31H34N4O4. The van der Waals surface area contributed by atoms with Gasteiger partial charge >= 0.3 is 0 Å². The minimum atomic E-state index is -0.371. The summed E-state index contributed by atoms with van der Waals surface area (Å²) < 4.78 is 18.7.